The molecule has 3 aromatic rings. The van der Waals surface area contributed by atoms with Crippen LogP contribution in [0.5, 0.6) is 5.75 Å². The van der Waals surface area contributed by atoms with E-state index in [-0.39, 0.29) is 30.3 Å². The van der Waals surface area contributed by atoms with Crippen molar-refractivity contribution in [3.63, 3.8) is 0 Å². The van der Waals surface area contributed by atoms with Crippen molar-refractivity contribution < 1.29 is 14.3 Å². The highest BCUT2D eigenvalue weighted by molar-refractivity contribution is 5.97. The third-order valence-electron chi connectivity index (χ3n) is 6.06. The minimum absolute atomic E-state index is 0.0558. The van der Waals surface area contributed by atoms with Gasteiger partial charge >= 0.3 is 0 Å². The number of carbonyl (C=O) groups is 2. The molecule has 8 heteroatoms. The normalized spacial score (nSPS) is 18.2. The fourth-order valence-electron chi connectivity index (χ4n) is 4.42. The lowest BCUT2D eigenvalue weighted by Gasteiger charge is -2.37. The molecule has 1 aromatic heterocycles. The van der Waals surface area contributed by atoms with E-state index in [2.05, 4.69) is 5.10 Å². The maximum absolute atomic E-state index is 13.4. The average molecular weight is 432 g/mol. The molecule has 3 heterocycles. The van der Waals surface area contributed by atoms with Crippen LogP contribution in [0.4, 0.5) is 5.69 Å². The number of nitrogens with zero attached hydrogens (tertiary/aromatic N) is 4. The van der Waals surface area contributed by atoms with Gasteiger partial charge in [-0.1, -0.05) is 24.3 Å². The van der Waals surface area contributed by atoms with Crippen LogP contribution in [0.2, 0.25) is 0 Å². The Hall–Kier alpha value is -3.68. The predicted molar refractivity (Wildman–Crippen MR) is 120 cm³/mol. The van der Waals surface area contributed by atoms with E-state index in [9.17, 15) is 14.4 Å². The molecule has 1 atom stereocenters. The van der Waals surface area contributed by atoms with Crippen LogP contribution >= 0.6 is 0 Å². The third-order valence-corrected chi connectivity index (χ3v) is 6.06. The van der Waals surface area contributed by atoms with Crippen molar-refractivity contribution in [1.82, 2.24) is 14.7 Å². The molecule has 164 valence electrons. The fraction of sp³-hybridized carbons (Fsp3) is 0.333. The molecular formula is C24H24N4O4. The highest BCUT2D eigenvalue weighted by Crippen LogP contribution is 2.34. The van der Waals surface area contributed by atoms with E-state index in [0.717, 1.165) is 32.4 Å². The fourth-order valence-corrected chi connectivity index (χ4v) is 4.42. The van der Waals surface area contributed by atoms with Crippen LogP contribution in [0.15, 0.2) is 59.5 Å². The second kappa shape index (κ2) is 8.45. The quantitative estimate of drug-likeness (QED) is 0.634. The Morgan fingerprint density at radius 3 is 2.59 bits per heavy atom. The van der Waals surface area contributed by atoms with Crippen molar-refractivity contribution in [3.05, 3.63) is 65.0 Å². The minimum atomic E-state index is -0.745. The Balaban J connectivity index is 1.44. The topological polar surface area (TPSA) is 84.7 Å². The SMILES string of the molecule is O=C([C@H]1CN(C(=O)Cn2ncc(=O)c3ccccc32)c2ccccc2O1)N1CCCCC1. The molecule has 0 radical (unpaired) electrons. The van der Waals surface area contributed by atoms with E-state index in [1.54, 1.807) is 29.2 Å². The maximum atomic E-state index is 13.4. The summed E-state index contributed by atoms with van der Waals surface area (Å²) in [6.07, 6.45) is 3.59. The minimum Gasteiger partial charge on any atom is -0.476 e. The summed E-state index contributed by atoms with van der Waals surface area (Å²) >= 11 is 0. The number of likely N-dealkylation sites (tertiary alicyclic amines) is 1. The lowest BCUT2D eigenvalue weighted by Crippen LogP contribution is -2.53. The van der Waals surface area contributed by atoms with Crippen LogP contribution < -0.4 is 15.1 Å². The zero-order chi connectivity index (χ0) is 22.1. The number of hydrogen-bond donors (Lipinski definition) is 0. The second-order valence-electron chi connectivity index (χ2n) is 8.15. The van der Waals surface area contributed by atoms with Crippen molar-refractivity contribution in [3.8, 4) is 5.75 Å². The van der Waals surface area contributed by atoms with Gasteiger partial charge in [-0.05, 0) is 43.5 Å². The van der Waals surface area contributed by atoms with Gasteiger partial charge in [0.25, 0.3) is 5.91 Å². The summed E-state index contributed by atoms with van der Waals surface area (Å²) in [7, 11) is 0. The monoisotopic (exact) mass is 432 g/mol. The number of piperidine rings is 1. The highest BCUT2D eigenvalue weighted by atomic mass is 16.5. The van der Waals surface area contributed by atoms with Crippen molar-refractivity contribution in [2.75, 3.05) is 24.5 Å². The maximum Gasteiger partial charge on any atom is 0.265 e. The first-order chi connectivity index (χ1) is 15.6. The average Bonchev–Trinajstić information content (AvgIpc) is 2.85. The van der Waals surface area contributed by atoms with Crippen LogP contribution in [0.25, 0.3) is 10.9 Å². The molecule has 32 heavy (non-hydrogen) atoms. The van der Waals surface area contributed by atoms with Gasteiger partial charge in [0.2, 0.25) is 11.3 Å². The van der Waals surface area contributed by atoms with Crippen LogP contribution in [0.3, 0.4) is 0 Å². The molecule has 0 spiro atoms. The van der Waals surface area contributed by atoms with Gasteiger partial charge in [-0.15, -0.1) is 0 Å². The molecule has 0 N–H and O–H groups in total. The smallest absolute Gasteiger partial charge is 0.265 e. The number of fused-ring (bicyclic) bond motifs is 2. The number of benzene rings is 2. The molecule has 5 rings (SSSR count). The van der Waals surface area contributed by atoms with Gasteiger partial charge in [-0.2, -0.15) is 5.10 Å². The molecule has 0 bridgehead atoms. The van der Waals surface area contributed by atoms with Crippen LogP contribution in [0.1, 0.15) is 19.3 Å². The summed E-state index contributed by atoms with van der Waals surface area (Å²) in [5.41, 5.74) is 1.04. The van der Waals surface area contributed by atoms with E-state index in [0.29, 0.717) is 22.3 Å². The number of amides is 2. The molecule has 0 saturated carbocycles. The van der Waals surface area contributed by atoms with Crippen LogP contribution in [0, 0.1) is 0 Å². The van der Waals surface area contributed by atoms with Gasteiger partial charge in [0, 0.05) is 18.5 Å². The van der Waals surface area contributed by atoms with E-state index < -0.39 is 6.10 Å². The Kier molecular flexibility index (Phi) is 5.34. The molecule has 0 unspecified atom stereocenters. The van der Waals surface area contributed by atoms with E-state index >= 15 is 0 Å². The number of aromatic nitrogens is 2. The summed E-state index contributed by atoms with van der Waals surface area (Å²) in [5.74, 6) is 0.211. The number of anilines is 1. The van der Waals surface area contributed by atoms with E-state index in [1.165, 1.54) is 10.9 Å². The summed E-state index contributed by atoms with van der Waals surface area (Å²) < 4.78 is 7.54. The first-order valence-electron chi connectivity index (χ1n) is 10.9. The summed E-state index contributed by atoms with van der Waals surface area (Å²) in [5, 5.41) is 4.69. The van der Waals surface area contributed by atoms with Crippen LogP contribution in [-0.2, 0) is 16.1 Å². The zero-order valence-corrected chi connectivity index (χ0v) is 17.6. The molecular weight excluding hydrogens is 408 g/mol. The summed E-state index contributed by atoms with van der Waals surface area (Å²) in [6.45, 7) is 1.53. The number of para-hydroxylation sites is 3. The molecule has 2 amide bonds. The Bertz CT molecular complexity index is 1230. The summed E-state index contributed by atoms with van der Waals surface area (Å²) in [4.78, 5) is 42.1. The molecule has 2 aliphatic rings. The number of ether oxygens (including phenoxy) is 1. The molecule has 2 aromatic carbocycles. The number of rotatable bonds is 3. The zero-order valence-electron chi connectivity index (χ0n) is 17.6. The van der Waals surface area contributed by atoms with Gasteiger partial charge in [-0.25, -0.2) is 0 Å². The van der Waals surface area contributed by atoms with Gasteiger partial charge in [0.1, 0.15) is 12.3 Å². The van der Waals surface area contributed by atoms with Crippen molar-refractivity contribution >= 4 is 28.4 Å². The van der Waals surface area contributed by atoms with E-state index in [1.807, 2.05) is 29.2 Å². The van der Waals surface area contributed by atoms with Gasteiger partial charge < -0.3 is 14.5 Å². The second-order valence-corrected chi connectivity index (χ2v) is 8.15. The van der Waals surface area contributed by atoms with E-state index in [4.69, 9.17) is 4.74 Å². The predicted octanol–water partition coefficient (Wildman–Crippen LogP) is 2.20. The van der Waals surface area contributed by atoms with Crippen molar-refractivity contribution in [1.29, 1.82) is 0 Å². The molecule has 2 aliphatic heterocycles. The summed E-state index contributed by atoms with van der Waals surface area (Å²) in [6, 6.07) is 14.3. The molecule has 1 fully saturated rings. The Morgan fingerprint density at radius 2 is 1.75 bits per heavy atom. The Morgan fingerprint density at radius 1 is 1.00 bits per heavy atom. The Labute approximate surface area is 185 Å². The van der Waals surface area contributed by atoms with Gasteiger partial charge in [0.15, 0.2) is 6.10 Å². The van der Waals surface area contributed by atoms with Crippen molar-refractivity contribution in [2.24, 2.45) is 0 Å². The van der Waals surface area contributed by atoms with Gasteiger partial charge in [0.05, 0.1) is 23.9 Å². The third kappa shape index (κ3) is 3.72. The first kappa shape index (κ1) is 20.2. The van der Waals surface area contributed by atoms with Gasteiger partial charge in [-0.3, -0.25) is 19.1 Å². The standard InChI is InChI=1S/C24H24N4O4/c29-20-14-25-28(18-9-3-2-8-17(18)20)16-23(30)27-15-22(24(31)26-12-6-1-7-13-26)32-21-11-5-4-10-19(21)27/h2-5,8-11,14,22H,1,6-7,12-13,15-16H2/t22-/m1/s1. The lowest BCUT2D eigenvalue weighted by atomic mass is 10.1. The van der Waals surface area contributed by atoms with Crippen molar-refractivity contribution in [2.45, 2.75) is 31.9 Å². The first-order valence-corrected chi connectivity index (χ1v) is 10.9. The highest BCUT2D eigenvalue weighted by Gasteiger charge is 2.36. The lowest BCUT2D eigenvalue weighted by molar-refractivity contribution is -0.139. The largest absolute Gasteiger partial charge is 0.476 e. The molecule has 8 nitrogen and oxygen atoms in total. The molecule has 0 aliphatic carbocycles. The molecule has 1 saturated heterocycles. The number of hydrogen-bond acceptors (Lipinski definition) is 5. The number of carbonyl (C=O) groups excluding carboxylic acids is 2. The van der Waals surface area contributed by atoms with Crippen LogP contribution in [-0.4, -0.2) is 52.2 Å².